The van der Waals surface area contributed by atoms with Crippen LogP contribution < -0.4 is 5.73 Å². The van der Waals surface area contributed by atoms with Crippen LogP contribution in [0.15, 0.2) is 0 Å². The molecule has 0 spiro atoms. The molecule has 0 aromatic heterocycles. The molecular formula is C14H28N2O. The summed E-state index contributed by atoms with van der Waals surface area (Å²) in [5, 5.41) is 8.72. The Hall–Kier alpha value is -0.120. The fourth-order valence-corrected chi connectivity index (χ4v) is 3.59. The molecule has 100 valence electrons. The van der Waals surface area contributed by atoms with Gasteiger partial charge in [-0.25, -0.2) is 0 Å². The number of nitrogens with two attached hydrogens (primary N) is 1. The second-order valence-electron chi connectivity index (χ2n) is 5.92. The topological polar surface area (TPSA) is 49.5 Å². The van der Waals surface area contributed by atoms with E-state index in [1.807, 2.05) is 0 Å². The van der Waals surface area contributed by atoms with Crippen LogP contribution in [0.1, 0.15) is 44.9 Å². The number of aliphatic hydroxyl groups excluding tert-OH is 1. The van der Waals surface area contributed by atoms with E-state index in [9.17, 15) is 0 Å². The van der Waals surface area contributed by atoms with Crippen molar-refractivity contribution in [1.82, 2.24) is 4.90 Å². The summed E-state index contributed by atoms with van der Waals surface area (Å²) in [4.78, 5) is 2.62. The highest BCUT2D eigenvalue weighted by Crippen LogP contribution is 2.35. The lowest BCUT2D eigenvalue weighted by atomic mass is 9.78. The standard InChI is InChI=1S/C14H28N2O/c15-14-7-5-6-12-10-16(11-13(12)14)8-3-1-2-4-9-17/h12-14,17H,1-11,15H2. The van der Waals surface area contributed by atoms with Gasteiger partial charge < -0.3 is 15.7 Å². The molecule has 1 aliphatic carbocycles. The second kappa shape index (κ2) is 6.72. The van der Waals surface area contributed by atoms with Crippen LogP contribution in [0.2, 0.25) is 0 Å². The summed E-state index contributed by atoms with van der Waals surface area (Å²) < 4.78 is 0. The zero-order valence-electron chi connectivity index (χ0n) is 11.0. The summed E-state index contributed by atoms with van der Waals surface area (Å²) in [6.07, 6.45) is 8.68. The van der Waals surface area contributed by atoms with Crippen LogP contribution in [0, 0.1) is 11.8 Å². The molecule has 2 rings (SSSR count). The van der Waals surface area contributed by atoms with Crippen LogP contribution >= 0.6 is 0 Å². The Labute approximate surface area is 105 Å². The van der Waals surface area contributed by atoms with Crippen molar-refractivity contribution in [1.29, 1.82) is 0 Å². The van der Waals surface area contributed by atoms with Crippen LogP contribution in [0.4, 0.5) is 0 Å². The summed E-state index contributed by atoms with van der Waals surface area (Å²) in [5.74, 6) is 1.66. The largest absolute Gasteiger partial charge is 0.396 e. The molecular weight excluding hydrogens is 212 g/mol. The first kappa shape index (κ1) is 13.3. The number of unbranched alkanes of at least 4 members (excludes halogenated alkanes) is 3. The smallest absolute Gasteiger partial charge is 0.0431 e. The van der Waals surface area contributed by atoms with Crippen molar-refractivity contribution in [3.63, 3.8) is 0 Å². The summed E-state index contributed by atoms with van der Waals surface area (Å²) in [5.41, 5.74) is 6.22. The molecule has 0 radical (unpaired) electrons. The molecule has 0 aromatic carbocycles. The maximum atomic E-state index is 8.72. The second-order valence-corrected chi connectivity index (χ2v) is 5.92. The Bertz CT molecular complexity index is 222. The van der Waals surface area contributed by atoms with Crippen LogP contribution in [-0.2, 0) is 0 Å². The summed E-state index contributed by atoms with van der Waals surface area (Å²) in [7, 11) is 0. The molecule has 0 bridgehead atoms. The lowest BCUT2D eigenvalue weighted by Gasteiger charge is -2.29. The van der Waals surface area contributed by atoms with Crippen molar-refractivity contribution in [2.45, 2.75) is 51.0 Å². The van der Waals surface area contributed by atoms with Gasteiger partial charge in [0.2, 0.25) is 0 Å². The number of nitrogens with zero attached hydrogens (tertiary/aromatic N) is 1. The molecule has 0 aromatic rings. The number of hydrogen-bond donors (Lipinski definition) is 2. The van der Waals surface area contributed by atoms with E-state index in [0.717, 1.165) is 18.3 Å². The zero-order valence-corrected chi connectivity index (χ0v) is 11.0. The number of fused-ring (bicyclic) bond motifs is 1. The molecule has 2 fully saturated rings. The van der Waals surface area contributed by atoms with Crippen molar-refractivity contribution < 1.29 is 5.11 Å². The Kier molecular flexibility index (Phi) is 5.26. The molecule has 3 nitrogen and oxygen atoms in total. The van der Waals surface area contributed by atoms with Crippen LogP contribution in [0.5, 0.6) is 0 Å². The van der Waals surface area contributed by atoms with Crippen LogP contribution in [-0.4, -0.2) is 42.3 Å². The monoisotopic (exact) mass is 240 g/mol. The minimum Gasteiger partial charge on any atom is -0.396 e. The molecule has 3 heteroatoms. The quantitative estimate of drug-likeness (QED) is 0.693. The van der Waals surface area contributed by atoms with Crippen molar-refractivity contribution >= 4 is 0 Å². The van der Waals surface area contributed by atoms with E-state index in [2.05, 4.69) is 4.90 Å². The minimum absolute atomic E-state index is 0.350. The highest BCUT2D eigenvalue weighted by Gasteiger charge is 2.38. The van der Waals surface area contributed by atoms with E-state index in [1.165, 1.54) is 58.2 Å². The number of likely N-dealkylation sites (tertiary alicyclic amines) is 1. The van der Waals surface area contributed by atoms with Crippen molar-refractivity contribution in [3.8, 4) is 0 Å². The third kappa shape index (κ3) is 3.67. The van der Waals surface area contributed by atoms with E-state index in [1.54, 1.807) is 0 Å². The van der Waals surface area contributed by atoms with Gasteiger partial charge in [0, 0.05) is 25.7 Å². The summed E-state index contributed by atoms with van der Waals surface area (Å²) >= 11 is 0. The Morgan fingerprint density at radius 2 is 1.88 bits per heavy atom. The van der Waals surface area contributed by atoms with E-state index < -0.39 is 0 Å². The normalized spacial score (nSPS) is 33.9. The van der Waals surface area contributed by atoms with E-state index >= 15 is 0 Å². The van der Waals surface area contributed by atoms with Gasteiger partial charge in [-0.3, -0.25) is 0 Å². The predicted molar refractivity (Wildman–Crippen MR) is 70.8 cm³/mol. The SMILES string of the molecule is NC1CCCC2CN(CCCCCCO)CC12. The fraction of sp³-hybridized carbons (Fsp3) is 1.00. The molecule has 2 aliphatic rings. The van der Waals surface area contributed by atoms with E-state index in [4.69, 9.17) is 10.8 Å². The van der Waals surface area contributed by atoms with Gasteiger partial charge in [0.15, 0.2) is 0 Å². The van der Waals surface area contributed by atoms with Crippen molar-refractivity contribution in [2.75, 3.05) is 26.2 Å². The Balaban J connectivity index is 1.63. The lowest BCUT2D eigenvalue weighted by molar-refractivity contribution is 0.259. The third-order valence-electron chi connectivity index (χ3n) is 4.61. The van der Waals surface area contributed by atoms with Crippen LogP contribution in [0.25, 0.3) is 0 Å². The first-order valence-corrected chi connectivity index (χ1v) is 7.40. The highest BCUT2D eigenvalue weighted by atomic mass is 16.2. The molecule has 3 N–H and O–H groups in total. The van der Waals surface area contributed by atoms with E-state index in [-0.39, 0.29) is 0 Å². The average molecular weight is 240 g/mol. The summed E-state index contributed by atoms with van der Waals surface area (Å²) in [6, 6.07) is 0.466. The average Bonchev–Trinajstić information content (AvgIpc) is 2.73. The fourth-order valence-electron chi connectivity index (χ4n) is 3.59. The minimum atomic E-state index is 0.350. The van der Waals surface area contributed by atoms with Crippen molar-refractivity contribution in [3.05, 3.63) is 0 Å². The van der Waals surface area contributed by atoms with Gasteiger partial charge in [0.05, 0.1) is 0 Å². The molecule has 1 saturated heterocycles. The van der Waals surface area contributed by atoms with Crippen LogP contribution in [0.3, 0.4) is 0 Å². The molecule has 3 atom stereocenters. The molecule has 1 saturated carbocycles. The predicted octanol–water partition coefficient (Wildman–Crippen LogP) is 1.60. The third-order valence-corrected chi connectivity index (χ3v) is 4.61. The zero-order chi connectivity index (χ0) is 12.1. The van der Waals surface area contributed by atoms with E-state index in [0.29, 0.717) is 12.6 Å². The first-order valence-electron chi connectivity index (χ1n) is 7.40. The number of aliphatic hydroxyl groups is 1. The maximum Gasteiger partial charge on any atom is 0.0431 e. The van der Waals surface area contributed by atoms with Gasteiger partial charge in [-0.2, -0.15) is 0 Å². The molecule has 3 unspecified atom stereocenters. The highest BCUT2D eigenvalue weighted by molar-refractivity contribution is 4.92. The van der Waals surface area contributed by atoms with Gasteiger partial charge in [-0.1, -0.05) is 19.3 Å². The summed E-state index contributed by atoms with van der Waals surface area (Å²) in [6.45, 7) is 4.12. The number of hydrogen-bond acceptors (Lipinski definition) is 3. The number of rotatable bonds is 6. The lowest BCUT2D eigenvalue weighted by Crippen LogP contribution is -2.38. The van der Waals surface area contributed by atoms with Gasteiger partial charge in [-0.05, 0) is 44.1 Å². The molecule has 17 heavy (non-hydrogen) atoms. The molecule has 1 aliphatic heterocycles. The molecule has 0 amide bonds. The maximum absolute atomic E-state index is 8.72. The van der Waals surface area contributed by atoms with Gasteiger partial charge in [0.1, 0.15) is 0 Å². The van der Waals surface area contributed by atoms with Gasteiger partial charge >= 0.3 is 0 Å². The van der Waals surface area contributed by atoms with Gasteiger partial charge in [-0.15, -0.1) is 0 Å². The van der Waals surface area contributed by atoms with Gasteiger partial charge in [0.25, 0.3) is 0 Å². The molecule has 1 heterocycles. The van der Waals surface area contributed by atoms with Crippen molar-refractivity contribution in [2.24, 2.45) is 17.6 Å². The first-order chi connectivity index (χ1) is 8.31. The Morgan fingerprint density at radius 3 is 2.65 bits per heavy atom. The Morgan fingerprint density at radius 1 is 1.06 bits per heavy atom.